The lowest BCUT2D eigenvalue weighted by atomic mass is 10.1. The topological polar surface area (TPSA) is 17.1 Å². The van der Waals surface area contributed by atoms with E-state index in [1.807, 2.05) is 13.0 Å². The van der Waals surface area contributed by atoms with Gasteiger partial charge < -0.3 is 0 Å². The number of hydrogen-bond acceptors (Lipinski definition) is 1. The molecule has 1 nitrogen and oxygen atoms in total. The predicted octanol–water partition coefficient (Wildman–Crippen LogP) is 2.85. The number of terminal acetylenes is 1. The third-order valence-corrected chi connectivity index (χ3v) is 2.26. The van der Waals surface area contributed by atoms with Crippen molar-refractivity contribution in [2.24, 2.45) is 0 Å². The molecule has 0 atom stereocenters. The number of benzene rings is 1. The molecule has 1 aromatic carbocycles. The highest BCUT2D eigenvalue weighted by Crippen LogP contribution is 2.21. The van der Waals surface area contributed by atoms with Gasteiger partial charge in [-0.05, 0) is 18.6 Å². The molecule has 0 aliphatic heterocycles. The van der Waals surface area contributed by atoms with Crippen molar-refractivity contribution in [3.05, 3.63) is 34.3 Å². The van der Waals surface area contributed by atoms with Crippen LogP contribution in [0.4, 0.5) is 0 Å². The zero-order valence-corrected chi connectivity index (χ0v) is 8.06. The van der Waals surface area contributed by atoms with Gasteiger partial charge in [0.1, 0.15) is 0 Å². The summed E-state index contributed by atoms with van der Waals surface area (Å²) in [6.07, 6.45) is 5.14. The van der Waals surface area contributed by atoms with Gasteiger partial charge in [-0.2, -0.15) is 0 Å². The van der Waals surface area contributed by atoms with Crippen LogP contribution in [0.5, 0.6) is 0 Å². The van der Waals surface area contributed by atoms with Gasteiger partial charge in [0.15, 0.2) is 5.78 Å². The zero-order chi connectivity index (χ0) is 9.84. The SMILES string of the molecule is C#CCC(=O)c1cccc(C)c1Cl. The fourth-order valence-corrected chi connectivity index (χ4v) is 1.28. The van der Waals surface area contributed by atoms with Crippen molar-refractivity contribution in [2.45, 2.75) is 13.3 Å². The molecule has 0 saturated carbocycles. The van der Waals surface area contributed by atoms with Gasteiger partial charge in [-0.1, -0.05) is 29.7 Å². The Morgan fingerprint density at radius 3 is 2.92 bits per heavy atom. The van der Waals surface area contributed by atoms with E-state index >= 15 is 0 Å². The van der Waals surface area contributed by atoms with Gasteiger partial charge in [0.25, 0.3) is 0 Å². The summed E-state index contributed by atoms with van der Waals surface area (Å²) in [5, 5.41) is 0.503. The quantitative estimate of drug-likeness (QED) is 0.520. The molecule has 0 heterocycles. The Kier molecular flexibility index (Phi) is 3.11. The van der Waals surface area contributed by atoms with Gasteiger partial charge in [0, 0.05) is 5.56 Å². The molecule has 1 rings (SSSR count). The van der Waals surface area contributed by atoms with Crippen LogP contribution in [-0.2, 0) is 0 Å². The monoisotopic (exact) mass is 192 g/mol. The number of carbonyl (C=O) groups is 1. The second-order valence-corrected chi connectivity index (χ2v) is 3.12. The molecule has 0 spiro atoms. The second-order valence-electron chi connectivity index (χ2n) is 2.74. The van der Waals surface area contributed by atoms with Crippen LogP contribution in [0.2, 0.25) is 5.02 Å². The van der Waals surface area contributed by atoms with E-state index in [4.69, 9.17) is 18.0 Å². The van der Waals surface area contributed by atoms with Crippen molar-refractivity contribution in [1.82, 2.24) is 0 Å². The molecule has 13 heavy (non-hydrogen) atoms. The Hall–Kier alpha value is -1.26. The van der Waals surface area contributed by atoms with E-state index < -0.39 is 0 Å². The van der Waals surface area contributed by atoms with Crippen LogP contribution >= 0.6 is 11.6 Å². The molecule has 0 amide bonds. The Bertz CT molecular complexity index is 374. The van der Waals surface area contributed by atoms with Crippen LogP contribution in [0.3, 0.4) is 0 Å². The van der Waals surface area contributed by atoms with E-state index in [0.29, 0.717) is 10.6 Å². The molecule has 0 unspecified atom stereocenters. The number of hydrogen-bond donors (Lipinski definition) is 0. The van der Waals surface area contributed by atoms with Gasteiger partial charge in [0.2, 0.25) is 0 Å². The van der Waals surface area contributed by atoms with Crippen LogP contribution in [0.15, 0.2) is 18.2 Å². The van der Waals surface area contributed by atoms with E-state index in [0.717, 1.165) is 5.56 Å². The van der Waals surface area contributed by atoms with Crippen molar-refractivity contribution >= 4 is 17.4 Å². The maximum absolute atomic E-state index is 11.4. The highest BCUT2D eigenvalue weighted by molar-refractivity contribution is 6.34. The molecule has 1 aromatic rings. The molecule has 66 valence electrons. The fourth-order valence-electron chi connectivity index (χ4n) is 1.05. The number of ketones is 1. The Morgan fingerprint density at radius 1 is 1.62 bits per heavy atom. The van der Waals surface area contributed by atoms with Gasteiger partial charge in [-0.15, -0.1) is 6.42 Å². The molecular formula is C11H9ClO. The van der Waals surface area contributed by atoms with E-state index in [-0.39, 0.29) is 12.2 Å². The summed E-state index contributed by atoms with van der Waals surface area (Å²) in [5.41, 5.74) is 1.41. The third-order valence-electron chi connectivity index (χ3n) is 1.75. The maximum Gasteiger partial charge on any atom is 0.176 e. The summed E-state index contributed by atoms with van der Waals surface area (Å²) >= 11 is 5.93. The minimum absolute atomic E-state index is 0.100. The average Bonchev–Trinajstić information content (AvgIpc) is 2.10. The minimum atomic E-state index is -0.101. The molecule has 0 bridgehead atoms. The van der Waals surface area contributed by atoms with E-state index in [9.17, 15) is 4.79 Å². The Labute approximate surface area is 82.7 Å². The Balaban J connectivity index is 3.09. The zero-order valence-electron chi connectivity index (χ0n) is 7.30. The molecule has 2 heteroatoms. The predicted molar refractivity (Wildman–Crippen MR) is 54.0 cm³/mol. The smallest absolute Gasteiger partial charge is 0.176 e. The number of halogens is 1. The summed E-state index contributed by atoms with van der Waals surface area (Å²) in [6.45, 7) is 1.86. The average molecular weight is 193 g/mol. The molecule has 0 aromatic heterocycles. The minimum Gasteiger partial charge on any atom is -0.293 e. The van der Waals surface area contributed by atoms with Gasteiger partial charge in [-0.3, -0.25) is 4.79 Å². The van der Waals surface area contributed by atoms with Gasteiger partial charge in [0.05, 0.1) is 11.4 Å². The lowest BCUT2D eigenvalue weighted by molar-refractivity contribution is 0.0998. The lowest BCUT2D eigenvalue weighted by Gasteiger charge is -2.02. The van der Waals surface area contributed by atoms with Gasteiger partial charge >= 0.3 is 0 Å². The molecule has 0 radical (unpaired) electrons. The van der Waals surface area contributed by atoms with E-state index in [2.05, 4.69) is 5.92 Å². The molecule has 0 N–H and O–H groups in total. The van der Waals surface area contributed by atoms with Crippen LogP contribution in [0.1, 0.15) is 22.3 Å². The lowest BCUT2D eigenvalue weighted by Crippen LogP contribution is -1.99. The van der Waals surface area contributed by atoms with Gasteiger partial charge in [-0.25, -0.2) is 0 Å². The standard InChI is InChI=1S/C11H9ClO/c1-3-5-10(13)9-7-4-6-8(2)11(9)12/h1,4,6-7H,5H2,2H3. The first kappa shape index (κ1) is 9.83. The van der Waals surface area contributed by atoms with Crippen LogP contribution in [0.25, 0.3) is 0 Å². The number of aryl methyl sites for hydroxylation is 1. The van der Waals surface area contributed by atoms with Crippen molar-refractivity contribution in [3.63, 3.8) is 0 Å². The summed E-state index contributed by atoms with van der Waals surface area (Å²) in [7, 11) is 0. The highest BCUT2D eigenvalue weighted by atomic mass is 35.5. The summed E-state index contributed by atoms with van der Waals surface area (Å²) in [5.74, 6) is 2.20. The van der Waals surface area contributed by atoms with E-state index in [1.165, 1.54) is 0 Å². The molecular weight excluding hydrogens is 184 g/mol. The fraction of sp³-hybridized carbons (Fsp3) is 0.182. The summed E-state index contributed by atoms with van der Waals surface area (Å²) in [6, 6.07) is 5.34. The molecule has 0 aliphatic rings. The number of carbonyl (C=O) groups excluding carboxylic acids is 1. The first-order chi connectivity index (χ1) is 6.16. The largest absolute Gasteiger partial charge is 0.293 e. The molecule has 0 fully saturated rings. The van der Waals surface area contributed by atoms with Crippen LogP contribution in [0, 0.1) is 19.3 Å². The maximum atomic E-state index is 11.4. The van der Waals surface area contributed by atoms with Crippen LogP contribution in [-0.4, -0.2) is 5.78 Å². The summed E-state index contributed by atoms with van der Waals surface area (Å²) in [4.78, 5) is 11.4. The van der Waals surface area contributed by atoms with Crippen molar-refractivity contribution in [1.29, 1.82) is 0 Å². The molecule has 0 saturated heterocycles. The van der Waals surface area contributed by atoms with E-state index in [1.54, 1.807) is 12.1 Å². The first-order valence-electron chi connectivity index (χ1n) is 3.88. The first-order valence-corrected chi connectivity index (χ1v) is 4.26. The Morgan fingerprint density at radius 2 is 2.31 bits per heavy atom. The van der Waals surface area contributed by atoms with Crippen molar-refractivity contribution in [3.8, 4) is 12.3 Å². The highest BCUT2D eigenvalue weighted by Gasteiger charge is 2.09. The number of rotatable bonds is 2. The van der Waals surface area contributed by atoms with Crippen molar-refractivity contribution < 1.29 is 4.79 Å². The number of Topliss-reactive ketones (excluding diaryl/α,β-unsaturated/α-hetero) is 1. The molecule has 0 aliphatic carbocycles. The second kappa shape index (κ2) is 4.11. The third kappa shape index (κ3) is 2.11. The van der Waals surface area contributed by atoms with Crippen LogP contribution < -0.4 is 0 Å². The summed E-state index contributed by atoms with van der Waals surface area (Å²) < 4.78 is 0. The van der Waals surface area contributed by atoms with Crippen molar-refractivity contribution in [2.75, 3.05) is 0 Å². The normalized spacial score (nSPS) is 9.31.